The second-order valence-corrected chi connectivity index (χ2v) is 14.1. The molecule has 0 saturated carbocycles. The second-order valence-electron chi connectivity index (χ2n) is 12.0. The van der Waals surface area contributed by atoms with Crippen molar-refractivity contribution in [3.63, 3.8) is 0 Å². The van der Waals surface area contributed by atoms with Gasteiger partial charge in [-0.05, 0) is 66.4 Å². The van der Waals surface area contributed by atoms with Gasteiger partial charge >= 0.3 is 5.97 Å². The molecule has 1 aliphatic heterocycles. The number of hydrogen-bond acceptors (Lipinski definition) is 8. The first-order valence-corrected chi connectivity index (χ1v) is 18.7. The van der Waals surface area contributed by atoms with Crippen LogP contribution < -0.4 is 16.0 Å². The fourth-order valence-electron chi connectivity index (χ4n) is 5.77. The van der Waals surface area contributed by atoms with Crippen LogP contribution in [0, 0.1) is 0 Å². The smallest absolute Gasteiger partial charge is 0.341 e. The van der Waals surface area contributed by atoms with Gasteiger partial charge in [-0.2, -0.15) is 0 Å². The van der Waals surface area contributed by atoms with Gasteiger partial charge in [-0.15, -0.1) is 23.1 Å². The van der Waals surface area contributed by atoms with E-state index in [1.54, 1.807) is 55.5 Å². The number of nitrogens with one attached hydrogen (secondary N) is 3. The maximum atomic E-state index is 13.5. The summed E-state index contributed by atoms with van der Waals surface area (Å²) >= 11 is 2.73. The number of fused-ring (bicyclic) bond motifs is 1. The molecule has 2 heterocycles. The van der Waals surface area contributed by atoms with E-state index in [0.717, 1.165) is 34.0 Å². The number of ether oxygens (including phenoxy) is 1. The molecule has 1 aromatic heterocycles. The number of thiophene rings is 1. The normalized spacial score (nSPS) is 12.8. The van der Waals surface area contributed by atoms with Crippen LogP contribution in [0.5, 0.6) is 0 Å². The predicted molar refractivity (Wildman–Crippen MR) is 207 cm³/mol. The van der Waals surface area contributed by atoms with Gasteiger partial charge in [0.25, 0.3) is 11.8 Å². The molecule has 0 saturated heterocycles. The fraction of sp³-hybridized carbons (Fsp3) is 0.171. The van der Waals surface area contributed by atoms with E-state index in [1.807, 2.05) is 60.7 Å². The van der Waals surface area contributed by atoms with E-state index in [4.69, 9.17) is 4.74 Å². The molecule has 264 valence electrons. The van der Waals surface area contributed by atoms with E-state index in [9.17, 15) is 19.2 Å². The van der Waals surface area contributed by atoms with E-state index >= 15 is 0 Å². The van der Waals surface area contributed by atoms with Crippen LogP contribution in [0.3, 0.4) is 0 Å². The van der Waals surface area contributed by atoms with Gasteiger partial charge in [-0.1, -0.05) is 84.9 Å². The van der Waals surface area contributed by atoms with Crippen molar-refractivity contribution in [2.45, 2.75) is 31.3 Å². The van der Waals surface area contributed by atoms with E-state index in [0.29, 0.717) is 34.8 Å². The molecular weight excluding hydrogens is 693 g/mol. The van der Waals surface area contributed by atoms with Crippen molar-refractivity contribution in [3.05, 3.63) is 154 Å². The van der Waals surface area contributed by atoms with Crippen molar-refractivity contribution in [2.24, 2.45) is 0 Å². The number of esters is 1. The minimum absolute atomic E-state index is 0.0780. The van der Waals surface area contributed by atoms with Gasteiger partial charge < -0.3 is 20.7 Å². The van der Waals surface area contributed by atoms with Gasteiger partial charge in [0.2, 0.25) is 5.91 Å². The molecule has 11 heteroatoms. The summed E-state index contributed by atoms with van der Waals surface area (Å²) < 4.78 is 5.40. The van der Waals surface area contributed by atoms with Gasteiger partial charge in [0.05, 0.1) is 17.9 Å². The van der Waals surface area contributed by atoms with Gasteiger partial charge in [0.15, 0.2) is 0 Å². The Morgan fingerprint density at radius 1 is 0.865 bits per heavy atom. The molecule has 6 rings (SSSR count). The Morgan fingerprint density at radius 2 is 1.58 bits per heavy atom. The zero-order valence-electron chi connectivity index (χ0n) is 28.6. The van der Waals surface area contributed by atoms with E-state index < -0.39 is 17.8 Å². The third-order valence-corrected chi connectivity index (χ3v) is 10.3. The lowest BCUT2D eigenvalue weighted by Gasteiger charge is -2.27. The topological polar surface area (TPSA) is 117 Å². The van der Waals surface area contributed by atoms with Gasteiger partial charge in [0, 0.05) is 40.7 Å². The monoisotopic (exact) mass is 730 g/mol. The van der Waals surface area contributed by atoms with Gasteiger partial charge in [0.1, 0.15) is 10.7 Å². The van der Waals surface area contributed by atoms with Crippen molar-refractivity contribution >= 4 is 63.6 Å². The van der Waals surface area contributed by atoms with Crippen LogP contribution in [-0.2, 0) is 33.8 Å². The van der Waals surface area contributed by atoms with E-state index in [2.05, 4.69) is 33.0 Å². The third-order valence-electron chi connectivity index (χ3n) is 8.22. The summed E-state index contributed by atoms with van der Waals surface area (Å²) in [4.78, 5) is 57.0. The largest absolute Gasteiger partial charge is 0.462 e. The van der Waals surface area contributed by atoms with Crippen molar-refractivity contribution in [1.82, 2.24) is 10.2 Å². The lowest BCUT2D eigenvalue weighted by Crippen LogP contribution is -2.30. The van der Waals surface area contributed by atoms with Crippen LogP contribution in [0.15, 0.2) is 126 Å². The highest BCUT2D eigenvalue weighted by Crippen LogP contribution is 2.38. The van der Waals surface area contributed by atoms with Crippen LogP contribution in [0.1, 0.15) is 49.2 Å². The number of thioether (sulfide) groups is 1. The Morgan fingerprint density at radius 3 is 2.31 bits per heavy atom. The first kappa shape index (κ1) is 36.3. The number of amides is 3. The molecule has 0 aliphatic carbocycles. The quantitative estimate of drug-likeness (QED) is 0.0649. The molecule has 0 radical (unpaired) electrons. The maximum absolute atomic E-state index is 13.5. The first-order chi connectivity index (χ1) is 25.4. The maximum Gasteiger partial charge on any atom is 0.341 e. The lowest BCUT2D eigenvalue weighted by molar-refractivity contribution is -0.114. The highest BCUT2D eigenvalue weighted by molar-refractivity contribution is 8.00. The Labute approximate surface area is 311 Å². The van der Waals surface area contributed by atoms with Gasteiger partial charge in [-0.25, -0.2) is 4.79 Å². The summed E-state index contributed by atoms with van der Waals surface area (Å²) in [6.07, 6.45) is 2.31. The summed E-state index contributed by atoms with van der Waals surface area (Å²) in [6.45, 7) is 4.29. The van der Waals surface area contributed by atoms with Crippen LogP contribution in [-0.4, -0.2) is 47.5 Å². The number of hydrogen-bond donors (Lipinski definition) is 3. The van der Waals surface area contributed by atoms with Crippen molar-refractivity contribution < 1.29 is 23.9 Å². The zero-order valence-corrected chi connectivity index (χ0v) is 30.2. The molecule has 0 fully saturated rings. The minimum Gasteiger partial charge on any atom is -0.462 e. The molecule has 0 bridgehead atoms. The number of benzene rings is 4. The Hall–Kier alpha value is -5.49. The van der Waals surface area contributed by atoms with E-state index in [1.165, 1.54) is 28.7 Å². The van der Waals surface area contributed by atoms with Crippen molar-refractivity contribution in [2.75, 3.05) is 29.5 Å². The molecule has 3 N–H and O–H groups in total. The number of nitrogens with zero attached hydrogens (tertiary/aromatic N) is 1. The first-order valence-electron chi connectivity index (χ1n) is 16.9. The highest BCUT2D eigenvalue weighted by Gasteiger charge is 2.29. The summed E-state index contributed by atoms with van der Waals surface area (Å²) in [7, 11) is 0. The molecule has 52 heavy (non-hydrogen) atoms. The number of carbonyl (C=O) groups excluding carboxylic acids is 4. The number of rotatable bonds is 13. The molecular formula is C41H38N4O5S2. The van der Waals surface area contributed by atoms with Crippen LogP contribution in [0.25, 0.3) is 6.08 Å². The molecule has 5 aromatic rings. The average molecular weight is 731 g/mol. The van der Waals surface area contributed by atoms with Crippen LogP contribution >= 0.6 is 23.1 Å². The zero-order chi connectivity index (χ0) is 36.3. The number of carbonyl (C=O) groups is 4. The average Bonchev–Trinajstić information content (AvgIpc) is 3.52. The SMILES string of the molecule is CCOC(=O)c1c(NC(=O)CSc2cccc(NC(=O)/C(=C/c3ccccc3)NC(=O)c3ccccc3)c2)sc2c1CCN(Cc1ccccc1)C2. The number of anilines is 2. The Kier molecular flexibility index (Phi) is 12.3. The molecule has 0 unspecified atom stereocenters. The predicted octanol–water partition coefficient (Wildman–Crippen LogP) is 7.62. The summed E-state index contributed by atoms with van der Waals surface area (Å²) in [5.74, 6) is -1.52. The van der Waals surface area contributed by atoms with Gasteiger partial charge in [-0.3, -0.25) is 19.3 Å². The summed E-state index contributed by atoms with van der Waals surface area (Å²) in [5.41, 5.74) is 4.37. The lowest BCUT2D eigenvalue weighted by atomic mass is 10.0. The second kappa shape index (κ2) is 17.6. The van der Waals surface area contributed by atoms with Crippen molar-refractivity contribution in [3.8, 4) is 0 Å². The molecule has 3 amide bonds. The fourth-order valence-corrected chi connectivity index (χ4v) is 7.82. The van der Waals surface area contributed by atoms with Crippen molar-refractivity contribution in [1.29, 1.82) is 0 Å². The Balaban J connectivity index is 1.11. The standard InChI is InChI=1S/C41H38N4O5S2/c1-2-50-41(49)37-33-21-22-45(25-29-15-8-4-9-16-29)26-35(33)52-40(37)44-36(46)27-51-32-20-12-19-31(24-32)42-39(48)34(23-28-13-6-3-7-14-28)43-38(47)30-17-10-5-11-18-30/h3-20,23-24H,2,21-22,25-27H2,1H3,(H,42,48)(H,43,47)(H,44,46)/b34-23-. The highest BCUT2D eigenvalue weighted by atomic mass is 32.2. The minimum atomic E-state index is -0.497. The van der Waals surface area contributed by atoms with Crippen LogP contribution in [0.4, 0.5) is 10.7 Å². The molecule has 0 atom stereocenters. The van der Waals surface area contributed by atoms with Crippen LogP contribution in [0.2, 0.25) is 0 Å². The molecule has 0 spiro atoms. The summed E-state index contributed by atoms with van der Waals surface area (Å²) in [5, 5.41) is 9.11. The Bertz CT molecular complexity index is 2070. The molecule has 9 nitrogen and oxygen atoms in total. The summed E-state index contributed by atoms with van der Waals surface area (Å²) in [6, 6.07) is 35.3. The van der Waals surface area contributed by atoms with E-state index in [-0.39, 0.29) is 24.0 Å². The molecule has 1 aliphatic rings. The third kappa shape index (κ3) is 9.64. The molecule has 4 aromatic carbocycles.